The molecule has 9 heavy (non-hydrogen) atoms. The van der Waals surface area contributed by atoms with Gasteiger partial charge in [-0.25, -0.2) is 0 Å². The number of allylic oxidation sites excluding steroid dienone is 1. The zero-order chi connectivity index (χ0) is 7.28. The van der Waals surface area contributed by atoms with E-state index < -0.39 is 0 Å². The largest absolute Gasteiger partial charge is 0.382 e. The Morgan fingerprint density at radius 2 is 2.22 bits per heavy atom. The summed E-state index contributed by atoms with van der Waals surface area (Å²) in [6.45, 7) is 4.37. The molecular weight excluding hydrogens is 116 g/mol. The number of rotatable bonds is 3. The molecule has 0 heterocycles. The van der Waals surface area contributed by atoms with Gasteiger partial charge in [0.15, 0.2) is 5.78 Å². The van der Waals surface area contributed by atoms with E-state index in [1.54, 1.807) is 0 Å². The topological polar surface area (TPSA) is 37.3 Å². The number of ketones is 1. The number of hydrogen-bond donors (Lipinski definition) is 1. The van der Waals surface area contributed by atoms with E-state index in [9.17, 15) is 4.79 Å². The van der Waals surface area contributed by atoms with Crippen molar-refractivity contribution in [2.24, 2.45) is 0 Å². The molecule has 1 N–H and O–H groups in total. The molecule has 0 amide bonds. The summed E-state index contributed by atoms with van der Waals surface area (Å²) < 4.78 is 0. The van der Waals surface area contributed by atoms with E-state index in [1.165, 1.54) is 6.08 Å². The van der Waals surface area contributed by atoms with Gasteiger partial charge >= 0.3 is 0 Å². The standard InChI is InChI=1S/C7H11O2/c1-3-6(2)4-7(9)5-8/h4-5,8H,3H2,1-2H3. The van der Waals surface area contributed by atoms with Crippen LogP contribution in [0.2, 0.25) is 0 Å². The van der Waals surface area contributed by atoms with Crippen LogP contribution in [-0.4, -0.2) is 10.9 Å². The van der Waals surface area contributed by atoms with E-state index in [4.69, 9.17) is 5.11 Å². The van der Waals surface area contributed by atoms with Crippen LogP contribution < -0.4 is 0 Å². The van der Waals surface area contributed by atoms with Crippen LogP contribution in [0.5, 0.6) is 0 Å². The lowest BCUT2D eigenvalue weighted by molar-refractivity contribution is -0.114. The quantitative estimate of drug-likeness (QED) is 0.582. The Hall–Kier alpha value is -0.630. The molecule has 0 aliphatic heterocycles. The first kappa shape index (κ1) is 8.37. The van der Waals surface area contributed by atoms with Crippen molar-refractivity contribution in [3.8, 4) is 0 Å². The minimum absolute atomic E-state index is 0.339. The molecule has 2 heteroatoms. The van der Waals surface area contributed by atoms with E-state index >= 15 is 0 Å². The van der Waals surface area contributed by atoms with Crippen LogP contribution in [0.25, 0.3) is 0 Å². The van der Waals surface area contributed by atoms with Gasteiger partial charge in [0.25, 0.3) is 0 Å². The minimum Gasteiger partial charge on any atom is -0.382 e. The molecule has 0 aliphatic carbocycles. The maximum absolute atomic E-state index is 10.4. The smallest absolute Gasteiger partial charge is 0.187 e. The highest BCUT2D eigenvalue weighted by atomic mass is 16.3. The van der Waals surface area contributed by atoms with Gasteiger partial charge in [0.1, 0.15) is 6.61 Å². The summed E-state index contributed by atoms with van der Waals surface area (Å²) in [7, 11) is 0. The normalized spacial score (nSPS) is 11.7. The molecule has 0 saturated carbocycles. The Labute approximate surface area is 55.2 Å². The molecule has 0 aromatic carbocycles. The van der Waals surface area contributed by atoms with Gasteiger partial charge in [0.05, 0.1) is 0 Å². The van der Waals surface area contributed by atoms with Crippen LogP contribution in [0.15, 0.2) is 11.6 Å². The zero-order valence-electron chi connectivity index (χ0n) is 5.72. The van der Waals surface area contributed by atoms with Crippen LogP contribution in [-0.2, 0) is 4.79 Å². The molecule has 0 aromatic heterocycles. The molecule has 0 rings (SSSR count). The molecule has 0 aliphatic rings. The molecule has 0 unspecified atom stereocenters. The van der Waals surface area contributed by atoms with Crippen LogP contribution in [0, 0.1) is 6.61 Å². The summed E-state index contributed by atoms with van der Waals surface area (Å²) in [6.07, 6.45) is 2.26. The van der Waals surface area contributed by atoms with Crippen LogP contribution in [0.4, 0.5) is 0 Å². The van der Waals surface area contributed by atoms with Gasteiger partial charge in [-0.05, 0) is 19.4 Å². The molecule has 0 fully saturated rings. The lowest BCUT2D eigenvalue weighted by atomic mass is 10.2. The molecule has 0 aromatic rings. The van der Waals surface area contributed by atoms with Gasteiger partial charge in [0.2, 0.25) is 0 Å². The maximum atomic E-state index is 10.4. The maximum Gasteiger partial charge on any atom is 0.187 e. The fourth-order valence-corrected chi connectivity index (χ4v) is 0.382. The van der Waals surface area contributed by atoms with E-state index in [0.717, 1.165) is 12.0 Å². The second-order valence-electron chi connectivity index (χ2n) is 1.88. The van der Waals surface area contributed by atoms with Crippen molar-refractivity contribution in [1.29, 1.82) is 0 Å². The predicted molar refractivity (Wildman–Crippen MR) is 35.3 cm³/mol. The van der Waals surface area contributed by atoms with E-state index in [-0.39, 0.29) is 5.78 Å². The third kappa shape index (κ3) is 3.91. The SMILES string of the molecule is CCC(C)=CC(=O)[CH]O. The highest BCUT2D eigenvalue weighted by Gasteiger charge is 1.93. The molecular formula is C7H11O2. The number of carbonyl (C=O) groups is 1. The van der Waals surface area contributed by atoms with E-state index in [1.807, 2.05) is 13.8 Å². The average Bonchev–Trinajstić information content (AvgIpc) is 1.87. The average molecular weight is 127 g/mol. The zero-order valence-corrected chi connectivity index (χ0v) is 5.72. The molecule has 0 saturated heterocycles. The lowest BCUT2D eigenvalue weighted by Gasteiger charge is -1.90. The second-order valence-corrected chi connectivity index (χ2v) is 1.88. The lowest BCUT2D eigenvalue weighted by Crippen LogP contribution is -1.92. The highest BCUT2D eigenvalue weighted by Crippen LogP contribution is 1.97. The summed E-state index contributed by atoms with van der Waals surface area (Å²) in [5.74, 6) is -0.339. The van der Waals surface area contributed by atoms with Gasteiger partial charge in [-0.1, -0.05) is 12.5 Å². The number of carbonyl (C=O) groups excluding carboxylic acids is 1. The van der Waals surface area contributed by atoms with Crippen LogP contribution in [0.1, 0.15) is 20.3 Å². The van der Waals surface area contributed by atoms with Gasteiger partial charge < -0.3 is 5.11 Å². The number of aliphatic hydroxyl groups is 1. The monoisotopic (exact) mass is 127 g/mol. The first-order valence-corrected chi connectivity index (χ1v) is 2.89. The molecule has 2 nitrogen and oxygen atoms in total. The van der Waals surface area contributed by atoms with Gasteiger partial charge in [-0.2, -0.15) is 0 Å². The van der Waals surface area contributed by atoms with Crippen molar-refractivity contribution < 1.29 is 9.90 Å². The van der Waals surface area contributed by atoms with Crippen molar-refractivity contribution in [1.82, 2.24) is 0 Å². The van der Waals surface area contributed by atoms with Crippen molar-refractivity contribution in [3.63, 3.8) is 0 Å². The number of hydrogen-bond acceptors (Lipinski definition) is 2. The predicted octanol–water partition coefficient (Wildman–Crippen LogP) is 1.45. The summed E-state index contributed by atoms with van der Waals surface area (Å²) >= 11 is 0. The third-order valence-electron chi connectivity index (χ3n) is 1.07. The Bertz CT molecular complexity index is 125. The molecule has 51 valence electrons. The second kappa shape index (κ2) is 4.27. The molecule has 0 spiro atoms. The third-order valence-corrected chi connectivity index (χ3v) is 1.07. The molecule has 0 bridgehead atoms. The molecule has 1 radical (unpaired) electrons. The Balaban J connectivity index is 3.79. The van der Waals surface area contributed by atoms with Gasteiger partial charge in [-0.3, -0.25) is 4.79 Å². The number of aliphatic hydroxyl groups excluding tert-OH is 1. The Kier molecular flexibility index (Phi) is 3.97. The highest BCUT2D eigenvalue weighted by molar-refractivity contribution is 5.95. The summed E-state index contributed by atoms with van der Waals surface area (Å²) in [6, 6.07) is 0. The van der Waals surface area contributed by atoms with Crippen molar-refractivity contribution >= 4 is 5.78 Å². The summed E-state index contributed by atoms with van der Waals surface area (Å²) in [4.78, 5) is 10.4. The van der Waals surface area contributed by atoms with Crippen LogP contribution in [0.3, 0.4) is 0 Å². The van der Waals surface area contributed by atoms with Crippen LogP contribution >= 0.6 is 0 Å². The fraction of sp³-hybridized carbons (Fsp3) is 0.429. The Morgan fingerprint density at radius 1 is 1.67 bits per heavy atom. The van der Waals surface area contributed by atoms with Gasteiger partial charge in [-0.15, -0.1) is 0 Å². The molecule has 0 atom stereocenters. The Morgan fingerprint density at radius 3 is 2.56 bits per heavy atom. The summed E-state index contributed by atoms with van der Waals surface area (Å²) in [5.41, 5.74) is 0.977. The summed E-state index contributed by atoms with van der Waals surface area (Å²) in [5, 5.41) is 8.16. The van der Waals surface area contributed by atoms with E-state index in [2.05, 4.69) is 0 Å². The first-order valence-electron chi connectivity index (χ1n) is 2.89. The van der Waals surface area contributed by atoms with E-state index in [0.29, 0.717) is 6.61 Å². The first-order chi connectivity index (χ1) is 4.20. The van der Waals surface area contributed by atoms with Crippen molar-refractivity contribution in [2.75, 3.05) is 0 Å². The van der Waals surface area contributed by atoms with Crippen molar-refractivity contribution in [3.05, 3.63) is 18.3 Å². The fourth-order valence-electron chi connectivity index (χ4n) is 0.382. The van der Waals surface area contributed by atoms with Gasteiger partial charge in [0, 0.05) is 0 Å². The minimum atomic E-state index is -0.339. The van der Waals surface area contributed by atoms with Crippen molar-refractivity contribution in [2.45, 2.75) is 20.3 Å².